The number of para-hydroxylation sites is 2. The predicted molar refractivity (Wildman–Crippen MR) is 90.8 cm³/mol. The molecular weight excluding hydrogens is 290 g/mol. The van der Waals surface area contributed by atoms with Crippen LogP contribution in [-0.4, -0.2) is 15.7 Å². The fourth-order valence-electron chi connectivity index (χ4n) is 2.61. The van der Waals surface area contributed by atoms with E-state index in [4.69, 9.17) is 0 Å². The molecule has 1 N–H and O–H groups in total. The number of hydrogen-bond donors (Lipinski definition) is 1. The number of aromatic nitrogens is 2. The van der Waals surface area contributed by atoms with E-state index in [9.17, 15) is 9.59 Å². The van der Waals surface area contributed by atoms with Crippen molar-refractivity contribution >= 4 is 22.5 Å². The van der Waals surface area contributed by atoms with Gasteiger partial charge in [-0.15, -0.1) is 0 Å². The van der Waals surface area contributed by atoms with Crippen molar-refractivity contribution in [1.82, 2.24) is 9.78 Å². The second kappa shape index (κ2) is 6.04. The summed E-state index contributed by atoms with van der Waals surface area (Å²) in [5, 5.41) is 7.43. The van der Waals surface area contributed by atoms with Gasteiger partial charge in [0.25, 0.3) is 5.91 Å². The number of fused-ring (bicyclic) bond motifs is 1. The number of hydrogen-bond acceptors (Lipinski definition) is 3. The molecule has 1 heterocycles. The Morgan fingerprint density at radius 1 is 1.13 bits per heavy atom. The smallest absolute Gasteiger partial charge is 0.280 e. The summed E-state index contributed by atoms with van der Waals surface area (Å²) in [4.78, 5) is 25.0. The number of amides is 1. The number of benzene rings is 2. The molecule has 5 nitrogen and oxygen atoms in total. The van der Waals surface area contributed by atoms with Crippen molar-refractivity contribution in [1.29, 1.82) is 0 Å². The van der Waals surface area contributed by atoms with Gasteiger partial charge >= 0.3 is 0 Å². The predicted octanol–water partition coefficient (Wildman–Crippen LogP) is 2.75. The van der Waals surface area contributed by atoms with Gasteiger partial charge in [-0.1, -0.05) is 37.3 Å². The van der Waals surface area contributed by atoms with Crippen molar-refractivity contribution in [2.24, 2.45) is 7.05 Å². The van der Waals surface area contributed by atoms with Crippen LogP contribution in [-0.2, 0) is 13.5 Å². The SMILES string of the molecule is CCc1ccccc1NC(=O)c1nn(C)c2ccccc2c1=O. The number of anilines is 1. The Morgan fingerprint density at radius 3 is 2.61 bits per heavy atom. The first-order chi connectivity index (χ1) is 11.1. The second-order valence-corrected chi connectivity index (χ2v) is 5.28. The summed E-state index contributed by atoms with van der Waals surface area (Å²) in [7, 11) is 1.72. The first-order valence-electron chi connectivity index (χ1n) is 7.47. The summed E-state index contributed by atoms with van der Waals surface area (Å²) < 4.78 is 1.55. The Labute approximate surface area is 133 Å². The van der Waals surface area contributed by atoms with E-state index in [-0.39, 0.29) is 11.1 Å². The van der Waals surface area contributed by atoms with Gasteiger partial charge in [0.2, 0.25) is 5.43 Å². The number of nitrogens with one attached hydrogen (secondary N) is 1. The highest BCUT2D eigenvalue weighted by Gasteiger charge is 2.17. The molecular formula is C18H17N3O2. The zero-order chi connectivity index (χ0) is 16.4. The Hall–Kier alpha value is -2.95. The van der Waals surface area contributed by atoms with Gasteiger partial charge in [-0.05, 0) is 30.2 Å². The van der Waals surface area contributed by atoms with E-state index in [0.717, 1.165) is 12.0 Å². The van der Waals surface area contributed by atoms with Crippen LogP contribution in [0.1, 0.15) is 23.0 Å². The van der Waals surface area contributed by atoms with Crippen LogP contribution >= 0.6 is 0 Å². The molecule has 0 atom stereocenters. The van der Waals surface area contributed by atoms with Gasteiger partial charge in [-0.25, -0.2) is 0 Å². The largest absolute Gasteiger partial charge is 0.320 e. The van der Waals surface area contributed by atoms with E-state index in [2.05, 4.69) is 10.4 Å². The second-order valence-electron chi connectivity index (χ2n) is 5.28. The van der Waals surface area contributed by atoms with Crippen molar-refractivity contribution < 1.29 is 4.79 Å². The maximum absolute atomic E-state index is 12.5. The first kappa shape index (κ1) is 15.0. The molecule has 0 fully saturated rings. The third-order valence-electron chi connectivity index (χ3n) is 3.82. The molecule has 3 aromatic rings. The van der Waals surface area contributed by atoms with Crippen LogP contribution in [0, 0.1) is 0 Å². The highest BCUT2D eigenvalue weighted by molar-refractivity contribution is 6.04. The fourth-order valence-corrected chi connectivity index (χ4v) is 2.61. The zero-order valence-corrected chi connectivity index (χ0v) is 13.0. The van der Waals surface area contributed by atoms with Gasteiger partial charge < -0.3 is 5.32 Å². The molecule has 1 amide bonds. The van der Waals surface area contributed by atoms with Crippen molar-refractivity contribution in [2.75, 3.05) is 5.32 Å². The van der Waals surface area contributed by atoms with Crippen LogP contribution in [0.3, 0.4) is 0 Å². The minimum atomic E-state index is -0.489. The standard InChI is InChI=1S/C18H17N3O2/c1-3-12-8-4-6-10-14(12)19-18(23)16-17(22)13-9-5-7-11-15(13)21(2)20-16/h4-11H,3H2,1-2H3,(H,19,23). The van der Waals surface area contributed by atoms with E-state index >= 15 is 0 Å². The lowest BCUT2D eigenvalue weighted by molar-refractivity contribution is 0.101. The Bertz CT molecular complexity index is 944. The average Bonchev–Trinajstić information content (AvgIpc) is 2.58. The van der Waals surface area contributed by atoms with Crippen molar-refractivity contribution in [3.05, 3.63) is 70.0 Å². The number of carbonyl (C=O) groups excluding carboxylic acids is 1. The zero-order valence-electron chi connectivity index (χ0n) is 13.0. The van der Waals surface area contributed by atoms with E-state index in [1.807, 2.05) is 37.3 Å². The van der Waals surface area contributed by atoms with Crippen LogP contribution in [0.15, 0.2) is 53.3 Å². The molecule has 5 heteroatoms. The van der Waals surface area contributed by atoms with E-state index in [1.54, 1.807) is 29.9 Å². The highest BCUT2D eigenvalue weighted by Crippen LogP contribution is 2.16. The Morgan fingerprint density at radius 2 is 1.83 bits per heavy atom. The van der Waals surface area contributed by atoms with E-state index < -0.39 is 5.91 Å². The highest BCUT2D eigenvalue weighted by atomic mass is 16.2. The summed E-state index contributed by atoms with van der Waals surface area (Å²) in [6, 6.07) is 14.7. The van der Waals surface area contributed by atoms with Crippen molar-refractivity contribution in [3.8, 4) is 0 Å². The third-order valence-corrected chi connectivity index (χ3v) is 3.82. The van der Waals surface area contributed by atoms with Gasteiger partial charge in [0.1, 0.15) is 0 Å². The molecule has 0 saturated heterocycles. The molecule has 0 saturated carbocycles. The maximum Gasteiger partial charge on any atom is 0.280 e. The minimum Gasteiger partial charge on any atom is -0.320 e. The number of rotatable bonds is 3. The van der Waals surface area contributed by atoms with Gasteiger partial charge in [0.05, 0.1) is 5.52 Å². The van der Waals surface area contributed by atoms with Gasteiger partial charge in [0.15, 0.2) is 5.69 Å². The summed E-state index contributed by atoms with van der Waals surface area (Å²) in [6.07, 6.45) is 0.791. The maximum atomic E-state index is 12.5. The lowest BCUT2D eigenvalue weighted by Crippen LogP contribution is -2.26. The summed E-state index contributed by atoms with van der Waals surface area (Å²) in [5.41, 5.74) is 1.96. The molecule has 0 unspecified atom stereocenters. The molecule has 116 valence electrons. The molecule has 0 radical (unpaired) electrons. The topological polar surface area (TPSA) is 64.0 Å². The lowest BCUT2D eigenvalue weighted by Gasteiger charge is -2.10. The van der Waals surface area contributed by atoms with Crippen LogP contribution in [0.5, 0.6) is 0 Å². The molecule has 1 aromatic heterocycles. The molecule has 23 heavy (non-hydrogen) atoms. The summed E-state index contributed by atoms with van der Waals surface area (Å²) in [5.74, 6) is -0.489. The van der Waals surface area contributed by atoms with Gasteiger partial charge in [0, 0.05) is 18.1 Å². The lowest BCUT2D eigenvalue weighted by atomic mass is 10.1. The number of carbonyl (C=O) groups is 1. The van der Waals surface area contributed by atoms with Gasteiger partial charge in [-0.2, -0.15) is 5.10 Å². The Kier molecular flexibility index (Phi) is 3.93. The molecule has 0 bridgehead atoms. The molecule has 2 aromatic carbocycles. The van der Waals surface area contributed by atoms with Crippen molar-refractivity contribution in [2.45, 2.75) is 13.3 Å². The number of aryl methyl sites for hydroxylation is 2. The normalized spacial score (nSPS) is 10.7. The molecule has 0 spiro atoms. The van der Waals surface area contributed by atoms with Gasteiger partial charge in [-0.3, -0.25) is 14.3 Å². The molecule has 0 aliphatic heterocycles. The van der Waals surface area contributed by atoms with Crippen LogP contribution in [0.25, 0.3) is 10.9 Å². The average molecular weight is 307 g/mol. The quantitative estimate of drug-likeness (QED) is 0.809. The first-order valence-corrected chi connectivity index (χ1v) is 7.47. The van der Waals surface area contributed by atoms with Crippen molar-refractivity contribution in [3.63, 3.8) is 0 Å². The van der Waals surface area contributed by atoms with Crippen LogP contribution in [0.2, 0.25) is 0 Å². The molecule has 0 aliphatic carbocycles. The van der Waals surface area contributed by atoms with E-state index in [0.29, 0.717) is 16.6 Å². The fraction of sp³-hybridized carbons (Fsp3) is 0.167. The third kappa shape index (κ3) is 2.73. The van der Waals surface area contributed by atoms with Crippen LogP contribution < -0.4 is 10.7 Å². The Balaban J connectivity index is 2.05. The summed E-state index contributed by atoms with van der Waals surface area (Å²) in [6.45, 7) is 2.01. The van der Waals surface area contributed by atoms with Crippen LogP contribution in [0.4, 0.5) is 5.69 Å². The number of nitrogens with zero attached hydrogens (tertiary/aromatic N) is 2. The molecule has 0 aliphatic rings. The monoisotopic (exact) mass is 307 g/mol. The summed E-state index contributed by atoms with van der Waals surface area (Å²) >= 11 is 0. The minimum absolute atomic E-state index is 0.0999. The van der Waals surface area contributed by atoms with E-state index in [1.165, 1.54) is 0 Å². The molecule has 3 rings (SSSR count).